The Labute approximate surface area is 70.9 Å². The minimum atomic E-state index is 0.529. The molecule has 0 saturated carbocycles. The Hall–Kier alpha value is -0.300. The summed E-state index contributed by atoms with van der Waals surface area (Å²) in [6, 6.07) is 0.529. The molecule has 1 nitrogen and oxygen atoms in total. The largest absolute Gasteiger partial charge is 0.313 e. The smallest absolute Gasteiger partial charge is 0.0271 e. The summed E-state index contributed by atoms with van der Waals surface area (Å²) in [4.78, 5) is 0. The van der Waals surface area contributed by atoms with Crippen LogP contribution in [0.1, 0.15) is 39.5 Å². The van der Waals surface area contributed by atoms with Crippen LogP contribution < -0.4 is 5.32 Å². The maximum absolute atomic E-state index is 3.94. The van der Waals surface area contributed by atoms with Crippen molar-refractivity contribution < 1.29 is 0 Å². The van der Waals surface area contributed by atoms with Crippen molar-refractivity contribution in [2.45, 2.75) is 45.6 Å². The second-order valence-electron chi connectivity index (χ2n) is 3.18. The van der Waals surface area contributed by atoms with E-state index in [0.717, 1.165) is 0 Å². The van der Waals surface area contributed by atoms with Gasteiger partial charge in [-0.25, -0.2) is 0 Å². The molecule has 0 spiro atoms. The standard InChI is InChI=1S/C10H21N/c1-5-6-7-8-10(11-4)9(2)3/h10-11H,2,5-8H2,1,3-4H3. The minimum Gasteiger partial charge on any atom is -0.313 e. The number of likely N-dealkylation sites (N-methyl/N-ethyl adjacent to an activating group) is 1. The van der Waals surface area contributed by atoms with Crippen LogP contribution in [-0.4, -0.2) is 13.1 Å². The number of nitrogens with one attached hydrogen (secondary N) is 1. The minimum absolute atomic E-state index is 0.529. The van der Waals surface area contributed by atoms with Crippen molar-refractivity contribution >= 4 is 0 Å². The third-order valence-corrected chi connectivity index (χ3v) is 2.04. The van der Waals surface area contributed by atoms with E-state index in [4.69, 9.17) is 0 Å². The fourth-order valence-corrected chi connectivity index (χ4v) is 1.24. The van der Waals surface area contributed by atoms with Crippen LogP contribution in [0.2, 0.25) is 0 Å². The van der Waals surface area contributed by atoms with Gasteiger partial charge in [0.1, 0.15) is 0 Å². The summed E-state index contributed by atoms with van der Waals surface area (Å²) in [5, 5.41) is 3.26. The lowest BCUT2D eigenvalue weighted by atomic mass is 10.0. The van der Waals surface area contributed by atoms with Gasteiger partial charge in [-0.2, -0.15) is 0 Å². The number of hydrogen-bond acceptors (Lipinski definition) is 1. The van der Waals surface area contributed by atoms with Crippen LogP contribution in [0.25, 0.3) is 0 Å². The van der Waals surface area contributed by atoms with E-state index in [2.05, 4.69) is 25.7 Å². The molecular formula is C10H21N. The van der Waals surface area contributed by atoms with Gasteiger partial charge in [0.25, 0.3) is 0 Å². The third-order valence-electron chi connectivity index (χ3n) is 2.04. The maximum atomic E-state index is 3.94. The van der Waals surface area contributed by atoms with Gasteiger partial charge in [-0.05, 0) is 20.4 Å². The van der Waals surface area contributed by atoms with E-state index >= 15 is 0 Å². The number of rotatable bonds is 6. The molecule has 0 rings (SSSR count). The van der Waals surface area contributed by atoms with Crippen LogP contribution in [0.5, 0.6) is 0 Å². The normalized spacial score (nSPS) is 13.0. The van der Waals surface area contributed by atoms with E-state index in [0.29, 0.717) is 6.04 Å². The first-order chi connectivity index (χ1) is 5.22. The molecule has 0 bridgehead atoms. The zero-order chi connectivity index (χ0) is 8.69. The van der Waals surface area contributed by atoms with Gasteiger partial charge in [0, 0.05) is 6.04 Å². The van der Waals surface area contributed by atoms with Gasteiger partial charge in [0.05, 0.1) is 0 Å². The maximum Gasteiger partial charge on any atom is 0.0271 e. The fourth-order valence-electron chi connectivity index (χ4n) is 1.24. The highest BCUT2D eigenvalue weighted by molar-refractivity contribution is 5.00. The molecule has 0 radical (unpaired) electrons. The van der Waals surface area contributed by atoms with Crippen molar-refractivity contribution in [2.75, 3.05) is 7.05 Å². The van der Waals surface area contributed by atoms with Crippen molar-refractivity contribution in [3.05, 3.63) is 12.2 Å². The lowest BCUT2D eigenvalue weighted by Crippen LogP contribution is -2.25. The van der Waals surface area contributed by atoms with Gasteiger partial charge in [-0.15, -0.1) is 0 Å². The Balaban J connectivity index is 3.44. The molecule has 0 aliphatic carbocycles. The van der Waals surface area contributed by atoms with E-state index in [1.165, 1.54) is 31.3 Å². The number of hydrogen-bond donors (Lipinski definition) is 1. The molecule has 11 heavy (non-hydrogen) atoms. The van der Waals surface area contributed by atoms with Crippen LogP contribution in [0.3, 0.4) is 0 Å². The monoisotopic (exact) mass is 155 g/mol. The van der Waals surface area contributed by atoms with Crippen LogP contribution in [-0.2, 0) is 0 Å². The molecule has 0 fully saturated rings. The second kappa shape index (κ2) is 6.41. The quantitative estimate of drug-likeness (QED) is 0.459. The van der Waals surface area contributed by atoms with Gasteiger partial charge >= 0.3 is 0 Å². The predicted molar refractivity (Wildman–Crippen MR) is 51.8 cm³/mol. The van der Waals surface area contributed by atoms with E-state index in [-0.39, 0.29) is 0 Å². The topological polar surface area (TPSA) is 12.0 Å². The molecule has 1 N–H and O–H groups in total. The molecule has 0 aromatic rings. The van der Waals surface area contributed by atoms with Crippen molar-refractivity contribution in [1.29, 1.82) is 0 Å². The zero-order valence-corrected chi connectivity index (χ0v) is 8.11. The summed E-state index contributed by atoms with van der Waals surface area (Å²) >= 11 is 0. The van der Waals surface area contributed by atoms with Crippen LogP contribution >= 0.6 is 0 Å². The van der Waals surface area contributed by atoms with Gasteiger partial charge in [-0.3, -0.25) is 0 Å². The SMILES string of the molecule is C=C(C)C(CCCCC)NC. The Morgan fingerprint density at radius 3 is 2.45 bits per heavy atom. The van der Waals surface area contributed by atoms with Gasteiger partial charge < -0.3 is 5.32 Å². The molecule has 1 atom stereocenters. The zero-order valence-electron chi connectivity index (χ0n) is 8.11. The molecule has 66 valence electrons. The first-order valence-corrected chi connectivity index (χ1v) is 4.55. The van der Waals surface area contributed by atoms with Crippen LogP contribution in [0, 0.1) is 0 Å². The van der Waals surface area contributed by atoms with Crippen molar-refractivity contribution in [2.24, 2.45) is 0 Å². The predicted octanol–water partition coefficient (Wildman–Crippen LogP) is 2.73. The van der Waals surface area contributed by atoms with Crippen molar-refractivity contribution in [1.82, 2.24) is 5.32 Å². The Morgan fingerprint density at radius 2 is 2.09 bits per heavy atom. The summed E-state index contributed by atoms with van der Waals surface area (Å²) in [6.07, 6.45) is 5.19. The van der Waals surface area contributed by atoms with Crippen LogP contribution in [0.15, 0.2) is 12.2 Å². The molecule has 0 saturated heterocycles. The molecule has 0 amide bonds. The highest BCUT2D eigenvalue weighted by Gasteiger charge is 2.04. The van der Waals surface area contributed by atoms with E-state index in [9.17, 15) is 0 Å². The number of unbranched alkanes of at least 4 members (excludes halogenated alkanes) is 2. The summed E-state index contributed by atoms with van der Waals surface area (Å²) in [6.45, 7) is 8.26. The molecule has 0 aromatic carbocycles. The van der Waals surface area contributed by atoms with Crippen molar-refractivity contribution in [3.63, 3.8) is 0 Å². The Morgan fingerprint density at radius 1 is 1.45 bits per heavy atom. The first kappa shape index (κ1) is 10.7. The Kier molecular flexibility index (Phi) is 6.24. The summed E-state index contributed by atoms with van der Waals surface area (Å²) < 4.78 is 0. The summed E-state index contributed by atoms with van der Waals surface area (Å²) in [7, 11) is 2.01. The van der Waals surface area contributed by atoms with E-state index < -0.39 is 0 Å². The first-order valence-electron chi connectivity index (χ1n) is 4.55. The lowest BCUT2D eigenvalue weighted by Gasteiger charge is -2.15. The molecular weight excluding hydrogens is 134 g/mol. The third kappa shape index (κ3) is 5.02. The molecule has 0 heterocycles. The molecule has 0 aliphatic rings. The Bertz CT molecular complexity index is 107. The average Bonchev–Trinajstić information content (AvgIpc) is 1.97. The van der Waals surface area contributed by atoms with Gasteiger partial charge in [0.15, 0.2) is 0 Å². The molecule has 0 aromatic heterocycles. The van der Waals surface area contributed by atoms with Gasteiger partial charge in [-0.1, -0.05) is 38.3 Å². The second-order valence-corrected chi connectivity index (χ2v) is 3.18. The van der Waals surface area contributed by atoms with E-state index in [1.54, 1.807) is 0 Å². The molecule has 1 unspecified atom stereocenters. The highest BCUT2D eigenvalue weighted by Crippen LogP contribution is 2.08. The molecule has 0 aliphatic heterocycles. The summed E-state index contributed by atoms with van der Waals surface area (Å²) in [5.41, 5.74) is 1.25. The summed E-state index contributed by atoms with van der Waals surface area (Å²) in [5.74, 6) is 0. The van der Waals surface area contributed by atoms with E-state index in [1.807, 2.05) is 7.05 Å². The highest BCUT2D eigenvalue weighted by atomic mass is 14.9. The lowest BCUT2D eigenvalue weighted by molar-refractivity contribution is 0.544. The van der Waals surface area contributed by atoms with Crippen molar-refractivity contribution in [3.8, 4) is 0 Å². The average molecular weight is 155 g/mol. The van der Waals surface area contributed by atoms with Gasteiger partial charge in [0.2, 0.25) is 0 Å². The van der Waals surface area contributed by atoms with Crippen LogP contribution in [0.4, 0.5) is 0 Å². The molecule has 1 heteroatoms. The fraction of sp³-hybridized carbons (Fsp3) is 0.800.